The Kier molecular flexibility index (Phi) is 7.14. The molecule has 0 saturated carbocycles. The van der Waals surface area contributed by atoms with Gasteiger partial charge in [-0.25, -0.2) is 13.1 Å². The highest BCUT2D eigenvalue weighted by molar-refractivity contribution is 7.89. The molecule has 0 amide bonds. The van der Waals surface area contributed by atoms with E-state index in [2.05, 4.69) is 23.9 Å². The van der Waals surface area contributed by atoms with E-state index < -0.39 is 10.0 Å². The van der Waals surface area contributed by atoms with E-state index in [0.29, 0.717) is 24.9 Å². The Labute approximate surface area is 111 Å². The van der Waals surface area contributed by atoms with Crippen LogP contribution in [0.25, 0.3) is 0 Å². The number of ether oxygens (including phenoxy) is 1. The lowest BCUT2D eigenvalue weighted by atomic mass is 10.0. The third kappa shape index (κ3) is 7.31. The van der Waals surface area contributed by atoms with E-state index in [1.54, 1.807) is 0 Å². The van der Waals surface area contributed by atoms with Gasteiger partial charge in [0, 0.05) is 25.8 Å². The second-order valence-corrected chi connectivity index (χ2v) is 7.11. The van der Waals surface area contributed by atoms with Crippen molar-refractivity contribution in [2.45, 2.75) is 39.2 Å². The normalized spacial score (nSPS) is 18.4. The molecule has 1 rings (SSSR count). The molecule has 6 heteroatoms. The van der Waals surface area contributed by atoms with Crippen molar-refractivity contribution in [2.75, 3.05) is 32.1 Å². The minimum absolute atomic E-state index is 0.204. The monoisotopic (exact) mass is 278 g/mol. The SMILES string of the molecule is CC(C)NCCCS(=O)(=O)NCC1CCOCC1. The molecule has 1 saturated heterocycles. The van der Waals surface area contributed by atoms with Crippen LogP contribution in [0.4, 0.5) is 0 Å². The summed E-state index contributed by atoms with van der Waals surface area (Å²) in [6.45, 7) is 6.92. The van der Waals surface area contributed by atoms with Crippen molar-refractivity contribution >= 4 is 10.0 Å². The van der Waals surface area contributed by atoms with Gasteiger partial charge < -0.3 is 10.1 Å². The summed E-state index contributed by atoms with van der Waals surface area (Å²) in [7, 11) is -3.11. The lowest BCUT2D eigenvalue weighted by Gasteiger charge is -2.22. The van der Waals surface area contributed by atoms with Crippen molar-refractivity contribution < 1.29 is 13.2 Å². The van der Waals surface area contributed by atoms with Crippen LogP contribution in [0, 0.1) is 5.92 Å². The van der Waals surface area contributed by atoms with Crippen LogP contribution >= 0.6 is 0 Å². The summed E-state index contributed by atoms with van der Waals surface area (Å²) >= 11 is 0. The van der Waals surface area contributed by atoms with Gasteiger partial charge in [0.15, 0.2) is 0 Å². The Balaban J connectivity index is 2.14. The molecule has 0 bridgehead atoms. The molecule has 0 unspecified atom stereocenters. The number of hydrogen-bond donors (Lipinski definition) is 2. The zero-order chi connectivity index (χ0) is 13.4. The minimum atomic E-state index is -3.11. The molecule has 18 heavy (non-hydrogen) atoms. The van der Waals surface area contributed by atoms with Crippen molar-refractivity contribution in [3.8, 4) is 0 Å². The predicted molar refractivity (Wildman–Crippen MR) is 73.1 cm³/mol. The third-order valence-corrected chi connectivity index (χ3v) is 4.51. The molecule has 0 radical (unpaired) electrons. The van der Waals surface area contributed by atoms with E-state index in [1.807, 2.05) is 0 Å². The van der Waals surface area contributed by atoms with Crippen molar-refractivity contribution in [3.63, 3.8) is 0 Å². The Morgan fingerprint density at radius 1 is 1.28 bits per heavy atom. The molecule has 0 aromatic rings. The lowest BCUT2D eigenvalue weighted by Crippen LogP contribution is -2.34. The molecule has 0 aromatic carbocycles. The molecular weight excluding hydrogens is 252 g/mol. The van der Waals surface area contributed by atoms with E-state index in [0.717, 1.165) is 32.6 Å². The van der Waals surface area contributed by atoms with Crippen molar-refractivity contribution in [2.24, 2.45) is 5.92 Å². The highest BCUT2D eigenvalue weighted by atomic mass is 32.2. The topological polar surface area (TPSA) is 67.4 Å². The fourth-order valence-electron chi connectivity index (χ4n) is 1.92. The first kappa shape index (κ1) is 15.9. The molecule has 5 nitrogen and oxygen atoms in total. The summed E-state index contributed by atoms with van der Waals surface area (Å²) in [6.07, 6.45) is 2.57. The van der Waals surface area contributed by atoms with Gasteiger partial charge in [0.25, 0.3) is 0 Å². The second kappa shape index (κ2) is 8.09. The molecule has 0 aromatic heterocycles. The van der Waals surface area contributed by atoms with Crippen LogP contribution in [0.1, 0.15) is 33.1 Å². The maximum atomic E-state index is 11.7. The van der Waals surface area contributed by atoms with Gasteiger partial charge in [-0.15, -0.1) is 0 Å². The summed E-state index contributed by atoms with van der Waals surface area (Å²) < 4.78 is 31.4. The van der Waals surface area contributed by atoms with E-state index in [-0.39, 0.29) is 5.75 Å². The molecule has 1 aliphatic rings. The van der Waals surface area contributed by atoms with Crippen molar-refractivity contribution in [1.82, 2.24) is 10.0 Å². The zero-order valence-electron chi connectivity index (χ0n) is 11.4. The van der Waals surface area contributed by atoms with Gasteiger partial charge in [0.1, 0.15) is 0 Å². The number of rotatable bonds is 8. The molecule has 108 valence electrons. The first-order chi connectivity index (χ1) is 8.49. The van der Waals surface area contributed by atoms with Gasteiger partial charge >= 0.3 is 0 Å². The summed E-state index contributed by atoms with van der Waals surface area (Å²) in [5, 5.41) is 3.21. The summed E-state index contributed by atoms with van der Waals surface area (Å²) in [6, 6.07) is 0.405. The van der Waals surface area contributed by atoms with Gasteiger partial charge in [-0.2, -0.15) is 0 Å². The summed E-state index contributed by atoms with van der Waals surface area (Å²) in [5.74, 6) is 0.637. The molecule has 2 N–H and O–H groups in total. The lowest BCUT2D eigenvalue weighted by molar-refractivity contribution is 0.0678. The van der Waals surface area contributed by atoms with Crippen molar-refractivity contribution in [3.05, 3.63) is 0 Å². The number of hydrogen-bond acceptors (Lipinski definition) is 4. The van der Waals surface area contributed by atoms with Crippen LogP contribution in [0.3, 0.4) is 0 Å². The standard InChI is InChI=1S/C12H26N2O3S/c1-11(2)13-6-3-9-18(15,16)14-10-12-4-7-17-8-5-12/h11-14H,3-10H2,1-2H3. The Morgan fingerprint density at radius 2 is 1.94 bits per heavy atom. The fourth-order valence-corrected chi connectivity index (χ4v) is 3.08. The number of nitrogens with one attached hydrogen (secondary N) is 2. The Morgan fingerprint density at radius 3 is 2.56 bits per heavy atom. The number of sulfonamides is 1. The smallest absolute Gasteiger partial charge is 0.211 e. The highest BCUT2D eigenvalue weighted by Gasteiger charge is 2.17. The van der Waals surface area contributed by atoms with Crippen LogP contribution in [-0.4, -0.2) is 46.5 Å². The van der Waals surface area contributed by atoms with Gasteiger partial charge in [-0.1, -0.05) is 13.8 Å². The first-order valence-corrected chi connectivity index (χ1v) is 8.43. The molecule has 0 atom stereocenters. The molecule has 1 fully saturated rings. The van der Waals surface area contributed by atoms with Gasteiger partial charge in [0.2, 0.25) is 10.0 Å². The van der Waals surface area contributed by atoms with E-state index in [1.165, 1.54) is 0 Å². The largest absolute Gasteiger partial charge is 0.381 e. The molecule has 0 spiro atoms. The summed E-state index contributed by atoms with van der Waals surface area (Å²) in [4.78, 5) is 0. The minimum Gasteiger partial charge on any atom is -0.381 e. The highest BCUT2D eigenvalue weighted by Crippen LogP contribution is 2.13. The maximum Gasteiger partial charge on any atom is 0.211 e. The van der Waals surface area contributed by atoms with Crippen LogP contribution in [0.2, 0.25) is 0 Å². The second-order valence-electron chi connectivity index (χ2n) is 5.19. The average molecular weight is 278 g/mol. The molecule has 1 aliphatic heterocycles. The molecular formula is C12H26N2O3S. The average Bonchev–Trinajstić information content (AvgIpc) is 2.34. The third-order valence-electron chi connectivity index (χ3n) is 3.08. The van der Waals surface area contributed by atoms with Crippen LogP contribution in [-0.2, 0) is 14.8 Å². The van der Waals surface area contributed by atoms with Crippen LogP contribution < -0.4 is 10.0 Å². The Bertz CT molecular complexity index is 311. The van der Waals surface area contributed by atoms with E-state index in [4.69, 9.17) is 4.74 Å². The molecule has 1 heterocycles. The zero-order valence-corrected chi connectivity index (χ0v) is 12.3. The van der Waals surface area contributed by atoms with Crippen LogP contribution in [0.5, 0.6) is 0 Å². The Hall–Kier alpha value is -0.170. The quantitative estimate of drug-likeness (QED) is 0.642. The summed E-state index contributed by atoms with van der Waals surface area (Å²) in [5.41, 5.74) is 0. The van der Waals surface area contributed by atoms with Crippen molar-refractivity contribution in [1.29, 1.82) is 0 Å². The predicted octanol–water partition coefficient (Wildman–Crippen LogP) is 0.721. The maximum absolute atomic E-state index is 11.7. The molecule has 0 aliphatic carbocycles. The van der Waals surface area contributed by atoms with E-state index >= 15 is 0 Å². The van der Waals surface area contributed by atoms with Gasteiger partial charge in [-0.05, 0) is 31.7 Å². The van der Waals surface area contributed by atoms with E-state index in [9.17, 15) is 8.42 Å². The van der Waals surface area contributed by atoms with Gasteiger partial charge in [0.05, 0.1) is 5.75 Å². The van der Waals surface area contributed by atoms with Gasteiger partial charge in [-0.3, -0.25) is 0 Å². The fraction of sp³-hybridized carbons (Fsp3) is 1.00. The van der Waals surface area contributed by atoms with Crippen LogP contribution in [0.15, 0.2) is 0 Å². The first-order valence-electron chi connectivity index (χ1n) is 6.78.